The van der Waals surface area contributed by atoms with E-state index in [9.17, 15) is 0 Å². The van der Waals surface area contributed by atoms with Gasteiger partial charge in [-0.25, -0.2) is 0 Å². The Kier molecular flexibility index (Phi) is 3.44. The minimum absolute atomic E-state index is 0.435. The van der Waals surface area contributed by atoms with Crippen LogP contribution < -0.4 is 5.32 Å². The molecule has 112 valence electrons. The maximum atomic E-state index is 4.47. The number of hydrogen-bond acceptors (Lipinski definition) is 5. The third-order valence-corrected chi connectivity index (χ3v) is 4.04. The van der Waals surface area contributed by atoms with Crippen molar-refractivity contribution in [3.63, 3.8) is 0 Å². The number of hydrogen-bond donors (Lipinski definition) is 1. The summed E-state index contributed by atoms with van der Waals surface area (Å²) in [7, 11) is 0. The quantitative estimate of drug-likeness (QED) is 0.795. The molecule has 1 N–H and O–H groups in total. The predicted octanol–water partition coefficient (Wildman–Crippen LogP) is 1.81. The Morgan fingerprint density at radius 3 is 2.95 bits per heavy atom. The Balaban J connectivity index is 1.38. The Morgan fingerprint density at radius 1 is 1.14 bits per heavy atom. The molecule has 1 aliphatic rings. The summed E-state index contributed by atoms with van der Waals surface area (Å²) in [6, 6.07) is 14.9. The van der Waals surface area contributed by atoms with Gasteiger partial charge in [0.1, 0.15) is 12.1 Å². The highest BCUT2D eigenvalue weighted by Crippen LogP contribution is 2.17. The molecule has 1 unspecified atom stereocenters. The Bertz CT molecular complexity index is 753. The molecule has 1 atom stereocenters. The standard InChI is InChI=1S/C16H18N6/c1-2-4-13(5-3-1)10-21-9-8-14(11-21)18-15-6-7-16-19-17-12-22(16)20-15/h1-7,12,14H,8-11H2,(H,18,20). The molecule has 1 aliphatic heterocycles. The van der Waals surface area contributed by atoms with Gasteiger partial charge in [0, 0.05) is 25.7 Å². The first kappa shape index (κ1) is 13.2. The zero-order valence-corrected chi connectivity index (χ0v) is 12.3. The van der Waals surface area contributed by atoms with Gasteiger partial charge < -0.3 is 5.32 Å². The van der Waals surface area contributed by atoms with Gasteiger partial charge in [-0.2, -0.15) is 4.52 Å². The number of rotatable bonds is 4. The molecule has 1 aromatic carbocycles. The van der Waals surface area contributed by atoms with E-state index >= 15 is 0 Å². The molecule has 6 nitrogen and oxygen atoms in total. The van der Waals surface area contributed by atoms with Crippen LogP contribution in [0.1, 0.15) is 12.0 Å². The van der Waals surface area contributed by atoms with Crippen LogP contribution in [0.3, 0.4) is 0 Å². The van der Waals surface area contributed by atoms with E-state index in [0.717, 1.165) is 37.5 Å². The van der Waals surface area contributed by atoms with Gasteiger partial charge in [-0.3, -0.25) is 4.90 Å². The van der Waals surface area contributed by atoms with Crippen molar-refractivity contribution >= 4 is 11.5 Å². The highest BCUT2D eigenvalue weighted by Gasteiger charge is 2.22. The number of benzene rings is 1. The number of nitrogens with one attached hydrogen (secondary N) is 1. The molecule has 3 heterocycles. The molecular formula is C16H18N6. The summed E-state index contributed by atoms with van der Waals surface area (Å²) in [6.45, 7) is 3.16. The van der Waals surface area contributed by atoms with Crippen molar-refractivity contribution in [1.82, 2.24) is 24.7 Å². The molecule has 0 saturated carbocycles. The molecule has 4 rings (SSSR count). The van der Waals surface area contributed by atoms with E-state index in [1.54, 1.807) is 10.8 Å². The second-order valence-corrected chi connectivity index (χ2v) is 5.70. The van der Waals surface area contributed by atoms with Crippen LogP contribution in [0.4, 0.5) is 5.82 Å². The van der Waals surface area contributed by atoms with Crippen LogP contribution in [0.5, 0.6) is 0 Å². The largest absolute Gasteiger partial charge is 0.365 e. The van der Waals surface area contributed by atoms with Crippen LogP contribution >= 0.6 is 0 Å². The van der Waals surface area contributed by atoms with Crippen molar-refractivity contribution in [2.45, 2.75) is 19.0 Å². The predicted molar refractivity (Wildman–Crippen MR) is 84.5 cm³/mol. The minimum atomic E-state index is 0.435. The van der Waals surface area contributed by atoms with Gasteiger partial charge in [0.15, 0.2) is 5.65 Å². The third kappa shape index (κ3) is 2.78. The lowest BCUT2D eigenvalue weighted by atomic mass is 10.2. The topological polar surface area (TPSA) is 58.3 Å². The van der Waals surface area contributed by atoms with E-state index in [4.69, 9.17) is 0 Å². The first-order valence-electron chi connectivity index (χ1n) is 7.57. The van der Waals surface area contributed by atoms with E-state index in [1.807, 2.05) is 12.1 Å². The molecule has 6 heteroatoms. The lowest BCUT2D eigenvalue weighted by Crippen LogP contribution is -2.26. The van der Waals surface area contributed by atoms with Crippen molar-refractivity contribution in [3.8, 4) is 0 Å². The first-order valence-corrected chi connectivity index (χ1v) is 7.57. The van der Waals surface area contributed by atoms with Crippen molar-refractivity contribution in [2.75, 3.05) is 18.4 Å². The van der Waals surface area contributed by atoms with Crippen molar-refractivity contribution in [3.05, 3.63) is 54.4 Å². The summed E-state index contributed by atoms with van der Waals surface area (Å²) in [4.78, 5) is 2.48. The van der Waals surface area contributed by atoms with Crippen LogP contribution in [-0.2, 0) is 6.54 Å². The van der Waals surface area contributed by atoms with Crippen LogP contribution in [0.25, 0.3) is 5.65 Å². The Labute approximate surface area is 128 Å². The van der Waals surface area contributed by atoms with E-state index in [1.165, 1.54) is 5.56 Å². The van der Waals surface area contributed by atoms with Crippen LogP contribution in [-0.4, -0.2) is 43.8 Å². The Morgan fingerprint density at radius 2 is 2.05 bits per heavy atom. The maximum Gasteiger partial charge on any atom is 0.177 e. The number of fused-ring (bicyclic) bond motifs is 1. The fourth-order valence-electron chi connectivity index (χ4n) is 2.95. The lowest BCUT2D eigenvalue weighted by molar-refractivity contribution is 0.328. The number of aromatic nitrogens is 4. The fraction of sp³-hybridized carbons (Fsp3) is 0.312. The lowest BCUT2D eigenvalue weighted by Gasteiger charge is -2.17. The third-order valence-electron chi connectivity index (χ3n) is 4.04. The van der Waals surface area contributed by atoms with E-state index in [0.29, 0.717) is 6.04 Å². The second-order valence-electron chi connectivity index (χ2n) is 5.70. The van der Waals surface area contributed by atoms with E-state index < -0.39 is 0 Å². The summed E-state index contributed by atoms with van der Waals surface area (Å²) in [5, 5.41) is 15.8. The molecule has 0 bridgehead atoms. The van der Waals surface area contributed by atoms with Gasteiger partial charge >= 0.3 is 0 Å². The zero-order valence-electron chi connectivity index (χ0n) is 12.3. The highest BCUT2D eigenvalue weighted by atomic mass is 15.4. The van der Waals surface area contributed by atoms with E-state index in [-0.39, 0.29) is 0 Å². The highest BCUT2D eigenvalue weighted by molar-refractivity contribution is 5.43. The number of anilines is 1. The van der Waals surface area contributed by atoms with Gasteiger partial charge in [0.25, 0.3) is 0 Å². The molecule has 1 saturated heterocycles. The van der Waals surface area contributed by atoms with Crippen molar-refractivity contribution in [1.29, 1.82) is 0 Å². The Hall–Kier alpha value is -2.47. The molecule has 2 aromatic heterocycles. The summed E-state index contributed by atoms with van der Waals surface area (Å²) >= 11 is 0. The number of likely N-dealkylation sites (tertiary alicyclic amines) is 1. The summed E-state index contributed by atoms with van der Waals surface area (Å²) in [6.07, 6.45) is 2.76. The zero-order chi connectivity index (χ0) is 14.8. The molecule has 1 fully saturated rings. The van der Waals surface area contributed by atoms with Gasteiger partial charge in [0.2, 0.25) is 0 Å². The fourth-order valence-corrected chi connectivity index (χ4v) is 2.95. The van der Waals surface area contributed by atoms with Gasteiger partial charge in [-0.05, 0) is 24.1 Å². The van der Waals surface area contributed by atoms with Gasteiger partial charge in [0.05, 0.1) is 0 Å². The SMILES string of the molecule is c1ccc(CN2CCC(Nc3ccc4nncn4n3)C2)cc1. The molecule has 0 spiro atoms. The normalized spacial score (nSPS) is 18.8. The first-order chi connectivity index (χ1) is 10.9. The summed E-state index contributed by atoms with van der Waals surface area (Å²) in [5.41, 5.74) is 2.13. The summed E-state index contributed by atoms with van der Waals surface area (Å²) in [5.74, 6) is 0.874. The minimum Gasteiger partial charge on any atom is -0.365 e. The average Bonchev–Trinajstić information content (AvgIpc) is 3.17. The average molecular weight is 294 g/mol. The van der Waals surface area contributed by atoms with Gasteiger partial charge in [-0.15, -0.1) is 15.3 Å². The monoisotopic (exact) mass is 294 g/mol. The molecule has 0 radical (unpaired) electrons. The molecule has 3 aromatic rings. The van der Waals surface area contributed by atoms with Crippen LogP contribution in [0.2, 0.25) is 0 Å². The van der Waals surface area contributed by atoms with E-state index in [2.05, 4.69) is 55.8 Å². The molecule has 22 heavy (non-hydrogen) atoms. The summed E-state index contributed by atoms with van der Waals surface area (Å²) < 4.78 is 1.69. The van der Waals surface area contributed by atoms with Crippen molar-refractivity contribution < 1.29 is 0 Å². The smallest absolute Gasteiger partial charge is 0.177 e. The van der Waals surface area contributed by atoms with Crippen LogP contribution in [0.15, 0.2) is 48.8 Å². The maximum absolute atomic E-state index is 4.47. The molecule has 0 amide bonds. The van der Waals surface area contributed by atoms with Gasteiger partial charge in [-0.1, -0.05) is 30.3 Å². The molecular weight excluding hydrogens is 276 g/mol. The number of nitrogens with zero attached hydrogens (tertiary/aromatic N) is 5. The second kappa shape index (κ2) is 5.73. The molecule has 0 aliphatic carbocycles. The van der Waals surface area contributed by atoms with Crippen LogP contribution in [0, 0.1) is 0 Å². The van der Waals surface area contributed by atoms with Crippen molar-refractivity contribution in [2.24, 2.45) is 0 Å².